The summed E-state index contributed by atoms with van der Waals surface area (Å²) in [5.74, 6) is 2.25. The number of hydrogen-bond donors (Lipinski definition) is 0. The Kier molecular flexibility index (Phi) is 1.94. The first kappa shape index (κ1) is 10.2. The monoisotopic (exact) mass is 205 g/mol. The van der Waals surface area contributed by atoms with Crippen molar-refractivity contribution in [3.8, 4) is 12.3 Å². The third-order valence-electron chi connectivity index (χ3n) is 3.69. The van der Waals surface area contributed by atoms with Gasteiger partial charge in [0.15, 0.2) is 0 Å². The van der Waals surface area contributed by atoms with Gasteiger partial charge in [-0.2, -0.15) is 0 Å². The number of piperidine rings is 1. The van der Waals surface area contributed by atoms with Crippen LogP contribution in [0, 0.1) is 29.6 Å². The van der Waals surface area contributed by atoms with E-state index in [0.29, 0.717) is 6.42 Å². The minimum absolute atomic E-state index is 0.0299. The second kappa shape index (κ2) is 2.85. The maximum Gasteiger partial charge on any atom is 0.233 e. The maximum absolute atomic E-state index is 11.9. The average molecular weight is 205 g/mol. The van der Waals surface area contributed by atoms with E-state index in [-0.39, 0.29) is 35.1 Å². The van der Waals surface area contributed by atoms with Gasteiger partial charge >= 0.3 is 0 Å². The zero-order valence-corrected chi connectivity index (χ0v) is 9.28. The molecule has 1 heterocycles. The minimum atomic E-state index is -0.154. The molecule has 3 atom stereocenters. The number of carbonyl (C=O) groups excluding carboxylic acids is 2. The highest BCUT2D eigenvalue weighted by atomic mass is 16.2. The molecule has 0 aromatic rings. The Balaban J connectivity index is 2.18. The van der Waals surface area contributed by atoms with E-state index in [9.17, 15) is 9.59 Å². The van der Waals surface area contributed by atoms with Crippen LogP contribution in [0.2, 0.25) is 0 Å². The first-order valence-electron chi connectivity index (χ1n) is 5.23. The molecule has 0 bridgehead atoms. The molecule has 0 spiro atoms. The summed E-state index contributed by atoms with van der Waals surface area (Å²) in [7, 11) is 0. The van der Waals surface area contributed by atoms with Crippen molar-refractivity contribution < 1.29 is 9.59 Å². The van der Waals surface area contributed by atoms with Gasteiger partial charge in [0.1, 0.15) is 0 Å². The topological polar surface area (TPSA) is 37.4 Å². The van der Waals surface area contributed by atoms with Crippen molar-refractivity contribution in [2.24, 2.45) is 17.3 Å². The van der Waals surface area contributed by atoms with Gasteiger partial charge < -0.3 is 0 Å². The van der Waals surface area contributed by atoms with E-state index in [4.69, 9.17) is 6.42 Å². The van der Waals surface area contributed by atoms with Crippen molar-refractivity contribution in [1.29, 1.82) is 0 Å². The fourth-order valence-corrected chi connectivity index (χ4v) is 2.66. The Morgan fingerprint density at radius 1 is 1.40 bits per heavy atom. The molecule has 1 saturated carbocycles. The molecule has 3 unspecified atom stereocenters. The summed E-state index contributed by atoms with van der Waals surface area (Å²) >= 11 is 0. The molecule has 0 aromatic carbocycles. The van der Waals surface area contributed by atoms with Crippen LogP contribution in [0.3, 0.4) is 0 Å². The van der Waals surface area contributed by atoms with E-state index in [2.05, 4.69) is 5.92 Å². The van der Waals surface area contributed by atoms with Gasteiger partial charge in [0, 0.05) is 12.5 Å². The third-order valence-corrected chi connectivity index (χ3v) is 3.69. The predicted octanol–water partition coefficient (Wildman–Crippen LogP) is 1.04. The van der Waals surface area contributed by atoms with Crippen LogP contribution in [-0.2, 0) is 9.59 Å². The van der Waals surface area contributed by atoms with E-state index >= 15 is 0 Å². The Bertz CT molecular complexity index is 354. The number of carbonyl (C=O) groups is 2. The molecule has 0 radical (unpaired) electrons. The van der Waals surface area contributed by atoms with Crippen LogP contribution in [0.15, 0.2) is 0 Å². The average Bonchev–Trinajstić information content (AvgIpc) is 2.56. The van der Waals surface area contributed by atoms with Gasteiger partial charge in [-0.3, -0.25) is 14.5 Å². The molecule has 2 amide bonds. The second-order valence-electron chi connectivity index (χ2n) is 5.08. The van der Waals surface area contributed by atoms with Gasteiger partial charge in [0.05, 0.1) is 11.8 Å². The van der Waals surface area contributed by atoms with Gasteiger partial charge in [-0.1, -0.05) is 13.8 Å². The SMILES string of the molecule is C#CCC(C)N1C(=O)C2C(C1=O)C2(C)C. The lowest BCUT2D eigenvalue weighted by atomic mass is 10.0. The van der Waals surface area contributed by atoms with Crippen LogP contribution >= 0.6 is 0 Å². The highest BCUT2D eigenvalue weighted by molar-refractivity contribution is 6.10. The van der Waals surface area contributed by atoms with Gasteiger partial charge in [0.2, 0.25) is 11.8 Å². The normalized spacial score (nSPS) is 33.6. The summed E-state index contributed by atoms with van der Waals surface area (Å²) in [6.07, 6.45) is 5.63. The number of rotatable bonds is 2. The van der Waals surface area contributed by atoms with Crippen LogP contribution < -0.4 is 0 Å². The molecule has 2 aliphatic rings. The lowest BCUT2D eigenvalue weighted by Gasteiger charge is -2.25. The van der Waals surface area contributed by atoms with Gasteiger partial charge in [-0.15, -0.1) is 12.3 Å². The van der Waals surface area contributed by atoms with Crippen LogP contribution in [0.4, 0.5) is 0 Å². The smallest absolute Gasteiger partial charge is 0.233 e. The van der Waals surface area contributed by atoms with E-state index in [1.807, 2.05) is 20.8 Å². The molecular formula is C12H15NO2. The van der Waals surface area contributed by atoms with E-state index in [1.54, 1.807) is 0 Å². The molecule has 2 fully saturated rings. The van der Waals surface area contributed by atoms with Crippen molar-refractivity contribution in [2.75, 3.05) is 0 Å². The lowest BCUT2D eigenvalue weighted by Crippen LogP contribution is -2.42. The summed E-state index contributed by atoms with van der Waals surface area (Å²) in [6.45, 7) is 5.77. The quantitative estimate of drug-likeness (QED) is 0.499. The molecule has 2 rings (SSSR count). The van der Waals surface area contributed by atoms with E-state index in [0.717, 1.165) is 0 Å². The Morgan fingerprint density at radius 2 is 1.87 bits per heavy atom. The highest BCUT2D eigenvalue weighted by Gasteiger charge is 2.72. The first-order chi connectivity index (χ1) is 6.92. The minimum Gasteiger partial charge on any atom is -0.278 e. The number of hydrogen-bond acceptors (Lipinski definition) is 2. The Morgan fingerprint density at radius 3 is 2.27 bits per heavy atom. The van der Waals surface area contributed by atoms with Crippen molar-refractivity contribution >= 4 is 11.8 Å². The third kappa shape index (κ3) is 1.14. The standard InChI is InChI=1S/C12H15NO2/c1-5-6-7(2)13-10(14)8-9(11(13)15)12(8,3)4/h1,7-9H,6H2,2-4H3. The summed E-state index contributed by atoms with van der Waals surface area (Å²) in [5, 5.41) is 0. The molecule has 1 aliphatic carbocycles. The first-order valence-corrected chi connectivity index (χ1v) is 5.23. The Labute approximate surface area is 89.8 Å². The molecule has 1 aliphatic heterocycles. The number of fused-ring (bicyclic) bond motifs is 1. The van der Waals surface area contributed by atoms with Crippen molar-refractivity contribution in [2.45, 2.75) is 33.2 Å². The number of imide groups is 1. The summed E-state index contributed by atoms with van der Waals surface area (Å²) in [5.41, 5.74) is -0.124. The second-order valence-corrected chi connectivity index (χ2v) is 5.08. The summed E-state index contributed by atoms with van der Waals surface area (Å²) in [6, 6.07) is -0.154. The van der Waals surface area contributed by atoms with Gasteiger partial charge in [-0.05, 0) is 12.3 Å². The fourth-order valence-electron chi connectivity index (χ4n) is 2.66. The molecule has 0 aromatic heterocycles. The van der Waals surface area contributed by atoms with Crippen molar-refractivity contribution in [3.05, 3.63) is 0 Å². The van der Waals surface area contributed by atoms with Crippen LogP contribution in [0.25, 0.3) is 0 Å². The van der Waals surface area contributed by atoms with E-state index in [1.165, 1.54) is 4.90 Å². The van der Waals surface area contributed by atoms with Gasteiger partial charge in [-0.25, -0.2) is 0 Å². The number of likely N-dealkylation sites (tertiary alicyclic amines) is 1. The molecular weight excluding hydrogens is 190 g/mol. The van der Waals surface area contributed by atoms with Gasteiger partial charge in [0.25, 0.3) is 0 Å². The molecule has 80 valence electrons. The Hall–Kier alpha value is -1.30. The highest BCUT2D eigenvalue weighted by Crippen LogP contribution is 2.63. The molecule has 3 heteroatoms. The number of amides is 2. The predicted molar refractivity (Wildman–Crippen MR) is 55.5 cm³/mol. The fraction of sp³-hybridized carbons (Fsp3) is 0.667. The summed E-state index contributed by atoms with van der Waals surface area (Å²) < 4.78 is 0. The molecule has 0 N–H and O–H groups in total. The van der Waals surface area contributed by atoms with Crippen molar-refractivity contribution in [1.82, 2.24) is 4.90 Å². The lowest BCUT2D eigenvalue weighted by molar-refractivity contribution is -0.145. The molecule has 3 nitrogen and oxygen atoms in total. The number of terminal acetylenes is 1. The van der Waals surface area contributed by atoms with Crippen LogP contribution in [-0.4, -0.2) is 22.8 Å². The summed E-state index contributed by atoms with van der Waals surface area (Å²) in [4.78, 5) is 25.2. The maximum atomic E-state index is 11.9. The zero-order valence-electron chi connectivity index (χ0n) is 9.28. The molecule has 15 heavy (non-hydrogen) atoms. The van der Waals surface area contributed by atoms with Crippen molar-refractivity contribution in [3.63, 3.8) is 0 Å². The number of nitrogens with zero attached hydrogens (tertiary/aromatic N) is 1. The largest absolute Gasteiger partial charge is 0.278 e. The van der Waals surface area contributed by atoms with Crippen LogP contribution in [0.5, 0.6) is 0 Å². The van der Waals surface area contributed by atoms with Crippen LogP contribution in [0.1, 0.15) is 27.2 Å². The molecule has 1 saturated heterocycles. The zero-order chi connectivity index (χ0) is 11.4. The van der Waals surface area contributed by atoms with E-state index < -0.39 is 0 Å².